The molecule has 0 aromatic heterocycles. The summed E-state index contributed by atoms with van der Waals surface area (Å²) in [5.41, 5.74) is 3.23. The first kappa shape index (κ1) is 16.4. The number of hydrogen-bond acceptors (Lipinski definition) is 2. The van der Waals surface area contributed by atoms with Crippen LogP contribution in [0.25, 0.3) is 0 Å². The lowest BCUT2D eigenvalue weighted by atomic mass is 10.2. The van der Waals surface area contributed by atoms with Crippen molar-refractivity contribution in [3.63, 3.8) is 0 Å². The van der Waals surface area contributed by atoms with Gasteiger partial charge in [-0.2, -0.15) is 0 Å². The largest absolute Gasteiger partial charge is 0.489 e. The molecule has 3 rings (SSSR count). The van der Waals surface area contributed by atoms with Gasteiger partial charge in [0.1, 0.15) is 24.7 Å². The van der Waals surface area contributed by atoms with Crippen LogP contribution in [0.15, 0.2) is 78.9 Å². The molecule has 0 fully saturated rings. The van der Waals surface area contributed by atoms with Crippen LogP contribution >= 0.6 is 11.6 Å². The molecule has 2 nitrogen and oxygen atoms in total. The van der Waals surface area contributed by atoms with Gasteiger partial charge in [-0.05, 0) is 28.8 Å². The zero-order chi connectivity index (χ0) is 16.6. The number of hydrogen-bond donors (Lipinski definition) is 0. The van der Waals surface area contributed by atoms with Gasteiger partial charge in [0.25, 0.3) is 0 Å². The number of ether oxygens (including phenoxy) is 2. The van der Waals surface area contributed by atoms with Gasteiger partial charge in [-0.1, -0.05) is 60.7 Å². The van der Waals surface area contributed by atoms with Crippen LogP contribution in [0, 0.1) is 0 Å². The molecule has 3 heteroatoms. The molecule has 0 saturated carbocycles. The predicted octanol–water partition coefficient (Wildman–Crippen LogP) is 5.58. The van der Waals surface area contributed by atoms with E-state index >= 15 is 0 Å². The average molecular weight is 339 g/mol. The summed E-state index contributed by atoms with van der Waals surface area (Å²) < 4.78 is 11.8. The minimum Gasteiger partial charge on any atom is -0.489 e. The molecule has 0 aliphatic carbocycles. The lowest BCUT2D eigenvalue weighted by Crippen LogP contribution is -1.99. The molecule has 0 unspecified atom stereocenters. The van der Waals surface area contributed by atoms with E-state index in [0.29, 0.717) is 19.1 Å². The fourth-order valence-electron chi connectivity index (χ4n) is 2.36. The van der Waals surface area contributed by atoms with Gasteiger partial charge in [0.15, 0.2) is 0 Å². The molecule has 0 heterocycles. The highest BCUT2D eigenvalue weighted by atomic mass is 35.5. The van der Waals surface area contributed by atoms with Gasteiger partial charge in [0.05, 0.1) is 0 Å². The zero-order valence-electron chi connectivity index (χ0n) is 13.3. The first-order valence-corrected chi connectivity index (χ1v) is 8.40. The van der Waals surface area contributed by atoms with E-state index in [9.17, 15) is 0 Å². The summed E-state index contributed by atoms with van der Waals surface area (Å²) in [6.45, 7) is 1.04. The van der Waals surface area contributed by atoms with Gasteiger partial charge in [-0.15, -0.1) is 11.6 Å². The highest BCUT2D eigenvalue weighted by Crippen LogP contribution is 2.25. The van der Waals surface area contributed by atoms with E-state index < -0.39 is 0 Å². The van der Waals surface area contributed by atoms with E-state index in [4.69, 9.17) is 21.1 Å². The zero-order valence-corrected chi connectivity index (χ0v) is 14.1. The number of halogens is 1. The Bertz CT molecular complexity index is 696. The Labute approximate surface area is 147 Å². The summed E-state index contributed by atoms with van der Waals surface area (Å²) in [5.74, 6) is 1.95. The van der Waals surface area contributed by atoms with Gasteiger partial charge >= 0.3 is 0 Å². The SMILES string of the molecule is ClCc1cc(OCc2ccccc2)cc(OCc2ccccc2)c1. The molecule has 0 atom stereocenters. The van der Waals surface area contributed by atoms with Crippen LogP contribution in [0.1, 0.15) is 16.7 Å². The summed E-state index contributed by atoms with van der Waals surface area (Å²) in [6, 6.07) is 26.0. The molecule has 3 aromatic rings. The Morgan fingerprint density at radius 2 is 1.04 bits per heavy atom. The number of rotatable bonds is 7. The van der Waals surface area contributed by atoms with Crippen LogP contribution in [-0.2, 0) is 19.1 Å². The second-order valence-electron chi connectivity index (χ2n) is 5.49. The second kappa shape index (κ2) is 8.42. The van der Waals surface area contributed by atoms with Gasteiger partial charge in [0, 0.05) is 11.9 Å². The minimum absolute atomic E-state index is 0.421. The maximum atomic E-state index is 5.99. The van der Waals surface area contributed by atoms with E-state index in [2.05, 4.69) is 0 Å². The van der Waals surface area contributed by atoms with E-state index in [-0.39, 0.29) is 0 Å². The Kier molecular flexibility index (Phi) is 5.75. The van der Waals surface area contributed by atoms with Gasteiger partial charge < -0.3 is 9.47 Å². The lowest BCUT2D eigenvalue weighted by molar-refractivity contribution is 0.289. The third-order valence-corrected chi connectivity index (χ3v) is 3.90. The van der Waals surface area contributed by atoms with Crippen LogP contribution in [0.5, 0.6) is 11.5 Å². The summed E-state index contributed by atoms with van der Waals surface area (Å²) in [6.07, 6.45) is 0. The van der Waals surface area contributed by atoms with Gasteiger partial charge in [0.2, 0.25) is 0 Å². The highest BCUT2D eigenvalue weighted by molar-refractivity contribution is 6.17. The monoisotopic (exact) mass is 338 g/mol. The third kappa shape index (κ3) is 4.77. The maximum Gasteiger partial charge on any atom is 0.123 e. The quantitative estimate of drug-likeness (QED) is 0.523. The number of benzene rings is 3. The van der Waals surface area contributed by atoms with Crippen LogP contribution in [0.3, 0.4) is 0 Å². The van der Waals surface area contributed by atoms with Crippen molar-refractivity contribution in [2.24, 2.45) is 0 Å². The van der Waals surface area contributed by atoms with Crippen molar-refractivity contribution in [1.82, 2.24) is 0 Å². The van der Waals surface area contributed by atoms with Crippen LogP contribution < -0.4 is 9.47 Å². The standard InChI is InChI=1S/C21H19ClO2/c22-14-19-11-20(23-15-17-7-3-1-4-8-17)13-21(12-19)24-16-18-9-5-2-6-10-18/h1-13H,14-16H2. The summed E-state index contributed by atoms with van der Waals surface area (Å²) in [7, 11) is 0. The minimum atomic E-state index is 0.421. The van der Waals surface area contributed by atoms with Crippen molar-refractivity contribution in [3.8, 4) is 11.5 Å². The molecule has 24 heavy (non-hydrogen) atoms. The normalized spacial score (nSPS) is 10.4. The van der Waals surface area contributed by atoms with Crippen LogP contribution in [0.4, 0.5) is 0 Å². The predicted molar refractivity (Wildman–Crippen MR) is 97.5 cm³/mol. The Balaban J connectivity index is 1.68. The average Bonchev–Trinajstić information content (AvgIpc) is 2.66. The molecule has 0 spiro atoms. The lowest BCUT2D eigenvalue weighted by Gasteiger charge is -2.12. The third-order valence-electron chi connectivity index (χ3n) is 3.59. The van der Waals surface area contributed by atoms with Crippen molar-refractivity contribution in [2.45, 2.75) is 19.1 Å². The van der Waals surface area contributed by atoms with Crippen LogP contribution in [-0.4, -0.2) is 0 Å². The van der Waals surface area contributed by atoms with E-state index in [1.807, 2.05) is 78.9 Å². The summed E-state index contributed by atoms with van der Waals surface area (Å²) in [4.78, 5) is 0. The molecule has 0 saturated heterocycles. The van der Waals surface area contributed by atoms with Crippen molar-refractivity contribution >= 4 is 11.6 Å². The molecule has 0 aliphatic heterocycles. The first-order valence-electron chi connectivity index (χ1n) is 7.87. The Morgan fingerprint density at radius 1 is 0.583 bits per heavy atom. The molecule has 3 aromatic carbocycles. The molecular formula is C21H19ClO2. The smallest absolute Gasteiger partial charge is 0.123 e. The summed E-state index contributed by atoms with van der Waals surface area (Å²) in [5, 5.41) is 0. The van der Waals surface area contributed by atoms with Crippen molar-refractivity contribution < 1.29 is 9.47 Å². The highest BCUT2D eigenvalue weighted by Gasteiger charge is 2.04. The maximum absolute atomic E-state index is 5.99. The van der Waals surface area contributed by atoms with Gasteiger partial charge in [-0.25, -0.2) is 0 Å². The van der Waals surface area contributed by atoms with E-state index in [1.165, 1.54) is 0 Å². The molecule has 0 aliphatic rings. The molecule has 122 valence electrons. The Hall–Kier alpha value is -2.45. The van der Waals surface area contributed by atoms with Crippen molar-refractivity contribution in [1.29, 1.82) is 0 Å². The molecule has 0 N–H and O–H groups in total. The first-order chi connectivity index (χ1) is 11.8. The molecular weight excluding hydrogens is 320 g/mol. The molecule has 0 bridgehead atoms. The second-order valence-corrected chi connectivity index (χ2v) is 5.76. The van der Waals surface area contributed by atoms with E-state index in [0.717, 1.165) is 28.2 Å². The molecule has 0 amide bonds. The van der Waals surface area contributed by atoms with Gasteiger partial charge in [-0.3, -0.25) is 0 Å². The Morgan fingerprint density at radius 3 is 1.46 bits per heavy atom. The van der Waals surface area contributed by atoms with E-state index in [1.54, 1.807) is 0 Å². The molecule has 0 radical (unpaired) electrons. The topological polar surface area (TPSA) is 18.5 Å². The number of alkyl halides is 1. The van der Waals surface area contributed by atoms with Crippen molar-refractivity contribution in [3.05, 3.63) is 95.6 Å². The van der Waals surface area contributed by atoms with Crippen molar-refractivity contribution in [2.75, 3.05) is 0 Å². The summed E-state index contributed by atoms with van der Waals surface area (Å²) >= 11 is 5.99. The van der Waals surface area contributed by atoms with Crippen LogP contribution in [0.2, 0.25) is 0 Å². The fraction of sp³-hybridized carbons (Fsp3) is 0.143. The fourth-order valence-corrected chi connectivity index (χ4v) is 2.51.